The Morgan fingerprint density at radius 3 is 2.33 bits per heavy atom. The lowest BCUT2D eigenvalue weighted by molar-refractivity contribution is 0.242. The van der Waals surface area contributed by atoms with Crippen molar-refractivity contribution < 1.29 is 18.2 Å². The molecule has 0 aliphatic carbocycles. The first-order valence-corrected chi connectivity index (χ1v) is 9.47. The summed E-state index contributed by atoms with van der Waals surface area (Å²) in [5.41, 5.74) is 0.739. The highest BCUT2D eigenvalue weighted by Crippen LogP contribution is 2.45. The molecule has 0 aliphatic heterocycles. The molecule has 0 spiro atoms. The van der Waals surface area contributed by atoms with Gasteiger partial charge in [0.2, 0.25) is 0 Å². The molecule has 0 radical (unpaired) electrons. The quantitative estimate of drug-likeness (QED) is 0.690. The SMILES string of the molecule is C=Cc1cc([P@@](=O)(OCC)c2ccc(F)cc2)ccc1OC(C)C. The molecule has 2 aromatic rings. The third kappa shape index (κ3) is 3.95. The lowest BCUT2D eigenvalue weighted by Crippen LogP contribution is -2.19. The number of halogens is 1. The second-order valence-electron chi connectivity index (χ2n) is 5.54. The fourth-order valence-electron chi connectivity index (χ4n) is 2.36. The van der Waals surface area contributed by atoms with E-state index in [0.29, 0.717) is 16.4 Å². The second kappa shape index (κ2) is 7.78. The molecular weight excluding hydrogens is 326 g/mol. The first kappa shape index (κ1) is 18.4. The normalized spacial score (nSPS) is 13.5. The van der Waals surface area contributed by atoms with Gasteiger partial charge in [-0.2, -0.15) is 0 Å². The number of hydrogen-bond donors (Lipinski definition) is 0. The summed E-state index contributed by atoms with van der Waals surface area (Å²) >= 11 is 0. The summed E-state index contributed by atoms with van der Waals surface area (Å²) < 4.78 is 38.1. The summed E-state index contributed by atoms with van der Waals surface area (Å²) in [6, 6.07) is 10.8. The van der Waals surface area contributed by atoms with Crippen molar-refractivity contribution in [2.45, 2.75) is 26.9 Å². The number of hydrogen-bond acceptors (Lipinski definition) is 3. The van der Waals surface area contributed by atoms with Gasteiger partial charge in [0.05, 0.1) is 12.7 Å². The van der Waals surface area contributed by atoms with Gasteiger partial charge in [0.15, 0.2) is 0 Å². The van der Waals surface area contributed by atoms with E-state index in [1.54, 1.807) is 31.2 Å². The third-order valence-corrected chi connectivity index (χ3v) is 5.95. The van der Waals surface area contributed by atoms with Crippen molar-refractivity contribution in [2.24, 2.45) is 0 Å². The predicted molar refractivity (Wildman–Crippen MR) is 97.2 cm³/mol. The van der Waals surface area contributed by atoms with Gasteiger partial charge in [0.25, 0.3) is 7.37 Å². The zero-order valence-corrected chi connectivity index (χ0v) is 15.1. The van der Waals surface area contributed by atoms with Gasteiger partial charge in [0.1, 0.15) is 11.6 Å². The molecule has 0 bridgehead atoms. The van der Waals surface area contributed by atoms with Gasteiger partial charge in [-0.1, -0.05) is 12.7 Å². The van der Waals surface area contributed by atoms with Crippen LogP contribution in [0.2, 0.25) is 0 Å². The summed E-state index contributed by atoms with van der Waals surface area (Å²) in [6.45, 7) is 9.72. The van der Waals surface area contributed by atoms with Crippen LogP contribution in [0.25, 0.3) is 6.08 Å². The van der Waals surface area contributed by atoms with Crippen molar-refractivity contribution in [3.05, 3.63) is 60.4 Å². The van der Waals surface area contributed by atoms with Crippen LogP contribution in [0, 0.1) is 5.82 Å². The highest BCUT2D eigenvalue weighted by Gasteiger charge is 2.29. The fraction of sp³-hybridized carbons (Fsp3) is 0.263. The van der Waals surface area contributed by atoms with Gasteiger partial charge in [-0.3, -0.25) is 4.57 Å². The Bertz CT molecular complexity index is 754. The zero-order chi connectivity index (χ0) is 17.7. The van der Waals surface area contributed by atoms with Crippen molar-refractivity contribution in [3.63, 3.8) is 0 Å². The highest BCUT2D eigenvalue weighted by molar-refractivity contribution is 7.74. The van der Waals surface area contributed by atoms with Gasteiger partial charge in [-0.15, -0.1) is 0 Å². The molecule has 0 aliphatic rings. The van der Waals surface area contributed by atoms with Gasteiger partial charge in [-0.05, 0) is 63.2 Å². The van der Waals surface area contributed by atoms with Crippen LogP contribution in [0.1, 0.15) is 26.3 Å². The van der Waals surface area contributed by atoms with Crippen molar-refractivity contribution in [3.8, 4) is 5.75 Å². The lowest BCUT2D eigenvalue weighted by atomic mass is 10.2. The highest BCUT2D eigenvalue weighted by atomic mass is 31.2. The van der Waals surface area contributed by atoms with Gasteiger partial charge >= 0.3 is 0 Å². The molecular formula is C19H22FO3P. The average molecular weight is 348 g/mol. The molecule has 3 nitrogen and oxygen atoms in total. The monoisotopic (exact) mass is 348 g/mol. The van der Waals surface area contributed by atoms with Crippen LogP contribution in [0.5, 0.6) is 5.75 Å². The van der Waals surface area contributed by atoms with Crippen LogP contribution in [0.4, 0.5) is 4.39 Å². The molecule has 24 heavy (non-hydrogen) atoms. The second-order valence-corrected chi connectivity index (χ2v) is 7.93. The van der Waals surface area contributed by atoms with E-state index in [9.17, 15) is 8.96 Å². The summed E-state index contributed by atoms with van der Waals surface area (Å²) in [6.07, 6.45) is 1.67. The van der Waals surface area contributed by atoms with Crippen LogP contribution < -0.4 is 15.3 Å². The smallest absolute Gasteiger partial charge is 0.261 e. The molecule has 0 saturated heterocycles. The Morgan fingerprint density at radius 1 is 1.17 bits per heavy atom. The molecule has 0 unspecified atom stereocenters. The molecule has 2 rings (SSSR count). The van der Waals surface area contributed by atoms with Gasteiger partial charge in [-0.25, -0.2) is 4.39 Å². The standard InChI is InChI=1S/C19H22FO3P/c1-5-15-13-18(11-12-19(15)23-14(3)4)24(21,22-6-2)17-9-7-16(20)8-10-17/h5,7-14H,1,6H2,2-4H3/t24-/m0/s1. The molecule has 0 fully saturated rings. The van der Waals surface area contributed by atoms with Gasteiger partial charge in [0, 0.05) is 16.2 Å². The summed E-state index contributed by atoms with van der Waals surface area (Å²) in [5.74, 6) is 0.292. The van der Waals surface area contributed by atoms with E-state index in [1.807, 2.05) is 13.8 Å². The van der Waals surface area contributed by atoms with Crippen molar-refractivity contribution in [1.82, 2.24) is 0 Å². The summed E-state index contributed by atoms with van der Waals surface area (Å²) in [5, 5.41) is 0.986. The Kier molecular flexibility index (Phi) is 5.98. The van der Waals surface area contributed by atoms with E-state index in [2.05, 4.69) is 6.58 Å². The molecule has 0 saturated carbocycles. The van der Waals surface area contributed by atoms with E-state index < -0.39 is 7.37 Å². The Morgan fingerprint density at radius 2 is 1.79 bits per heavy atom. The maximum atomic E-state index is 13.5. The van der Waals surface area contributed by atoms with Crippen LogP contribution in [0.15, 0.2) is 49.0 Å². The first-order valence-electron chi connectivity index (χ1n) is 7.85. The molecule has 128 valence electrons. The minimum absolute atomic E-state index is 0.0188. The number of ether oxygens (including phenoxy) is 1. The molecule has 0 heterocycles. The average Bonchev–Trinajstić information content (AvgIpc) is 2.55. The van der Waals surface area contributed by atoms with E-state index in [1.165, 1.54) is 24.3 Å². The van der Waals surface area contributed by atoms with E-state index in [-0.39, 0.29) is 18.5 Å². The van der Waals surface area contributed by atoms with Crippen LogP contribution >= 0.6 is 7.37 Å². The largest absolute Gasteiger partial charge is 0.490 e. The van der Waals surface area contributed by atoms with Crippen LogP contribution in [0.3, 0.4) is 0 Å². The van der Waals surface area contributed by atoms with E-state index in [4.69, 9.17) is 9.26 Å². The van der Waals surface area contributed by atoms with Gasteiger partial charge < -0.3 is 9.26 Å². The molecule has 0 amide bonds. The molecule has 0 N–H and O–H groups in total. The van der Waals surface area contributed by atoms with E-state index in [0.717, 1.165) is 5.56 Å². The Balaban J connectivity index is 2.53. The number of rotatable bonds is 7. The minimum atomic E-state index is -3.31. The summed E-state index contributed by atoms with van der Waals surface area (Å²) in [7, 11) is -3.31. The van der Waals surface area contributed by atoms with Crippen molar-refractivity contribution >= 4 is 24.1 Å². The minimum Gasteiger partial charge on any atom is -0.490 e. The van der Waals surface area contributed by atoms with Crippen LogP contribution in [-0.4, -0.2) is 12.7 Å². The topological polar surface area (TPSA) is 35.5 Å². The molecule has 1 atom stereocenters. The predicted octanol–water partition coefficient (Wildman–Crippen LogP) is 4.52. The zero-order valence-electron chi connectivity index (χ0n) is 14.2. The Hall–Kier alpha value is -1.90. The molecule has 2 aromatic carbocycles. The van der Waals surface area contributed by atoms with Crippen molar-refractivity contribution in [2.75, 3.05) is 6.61 Å². The third-order valence-electron chi connectivity index (χ3n) is 3.39. The van der Waals surface area contributed by atoms with E-state index >= 15 is 0 Å². The summed E-state index contributed by atoms with van der Waals surface area (Å²) in [4.78, 5) is 0. The molecule has 5 heteroatoms. The fourth-order valence-corrected chi connectivity index (χ4v) is 4.44. The Labute approximate surface area is 142 Å². The van der Waals surface area contributed by atoms with Crippen molar-refractivity contribution in [1.29, 1.82) is 0 Å². The maximum Gasteiger partial charge on any atom is 0.261 e. The number of benzene rings is 2. The van der Waals surface area contributed by atoms with Crippen LogP contribution in [-0.2, 0) is 9.09 Å². The molecule has 0 aromatic heterocycles. The lowest BCUT2D eigenvalue weighted by Gasteiger charge is -2.20. The first-order chi connectivity index (χ1) is 11.4. The maximum absolute atomic E-state index is 13.5.